The van der Waals surface area contributed by atoms with Gasteiger partial charge in [-0.3, -0.25) is 9.59 Å². The molecule has 2 amide bonds. The number of aryl methyl sites for hydroxylation is 1. The predicted molar refractivity (Wildman–Crippen MR) is 139 cm³/mol. The van der Waals surface area contributed by atoms with Crippen molar-refractivity contribution in [3.63, 3.8) is 0 Å². The van der Waals surface area contributed by atoms with Gasteiger partial charge in [0.2, 0.25) is 0 Å². The van der Waals surface area contributed by atoms with Gasteiger partial charge in [-0.05, 0) is 77.8 Å². The van der Waals surface area contributed by atoms with E-state index in [1.165, 1.54) is 13.8 Å². The number of alkyl halides is 9. The molecule has 0 atom stereocenters. The maximum absolute atomic E-state index is 15.6. The number of ether oxygens (including phenoxy) is 1. The summed E-state index contributed by atoms with van der Waals surface area (Å²) in [7, 11) is 0. The van der Waals surface area contributed by atoms with Gasteiger partial charge in [0.25, 0.3) is 11.8 Å². The predicted octanol–water partition coefficient (Wildman–Crippen LogP) is 8.85. The van der Waals surface area contributed by atoms with Gasteiger partial charge >= 0.3 is 24.6 Å². The van der Waals surface area contributed by atoms with Crippen LogP contribution in [0, 0.1) is 18.6 Å². The third-order valence-electron chi connectivity index (χ3n) is 6.18. The van der Waals surface area contributed by atoms with E-state index in [1.54, 1.807) is 0 Å². The highest BCUT2D eigenvalue weighted by Crippen LogP contribution is 2.55. The number of hydrogen-bond donors (Lipinski definition) is 1. The summed E-state index contributed by atoms with van der Waals surface area (Å²) in [5.74, 6) is -5.79. The van der Waals surface area contributed by atoms with Crippen molar-refractivity contribution >= 4 is 39.1 Å². The second-order valence-electron chi connectivity index (χ2n) is 8.97. The van der Waals surface area contributed by atoms with E-state index in [2.05, 4.69) is 20.7 Å². The largest absolute Gasteiger partial charge is 0.435 e. The lowest BCUT2D eigenvalue weighted by atomic mass is 9.93. The van der Waals surface area contributed by atoms with E-state index >= 15 is 4.39 Å². The van der Waals surface area contributed by atoms with Gasteiger partial charge in [-0.2, -0.15) is 35.1 Å². The minimum atomic E-state index is -6.60. The molecule has 0 aliphatic rings. The summed E-state index contributed by atoms with van der Waals surface area (Å²) < 4.78 is 153. The van der Waals surface area contributed by atoms with Crippen LogP contribution in [-0.2, 0) is 5.67 Å². The quantitative estimate of drug-likeness (QED) is 0.238. The van der Waals surface area contributed by atoms with Crippen LogP contribution in [0.4, 0.5) is 59.7 Å². The lowest BCUT2D eigenvalue weighted by molar-refractivity contribution is -0.348. The summed E-state index contributed by atoms with van der Waals surface area (Å²) in [5, 5.41) is 1.84. The minimum absolute atomic E-state index is 0.0121. The van der Waals surface area contributed by atoms with Gasteiger partial charge in [0.1, 0.15) is 5.82 Å². The molecule has 0 saturated heterocycles. The lowest BCUT2D eigenvalue weighted by Crippen LogP contribution is -2.50. The molecular formula is C27H18BrF11N2O3. The number of amides is 2. The molecule has 0 aliphatic heterocycles. The Morgan fingerprint density at radius 2 is 1.55 bits per heavy atom. The average molecular weight is 707 g/mol. The van der Waals surface area contributed by atoms with Crippen molar-refractivity contribution in [2.45, 2.75) is 38.5 Å². The highest BCUT2D eigenvalue weighted by molar-refractivity contribution is 9.10. The molecule has 44 heavy (non-hydrogen) atoms. The van der Waals surface area contributed by atoms with Crippen molar-refractivity contribution in [1.29, 1.82) is 0 Å². The lowest BCUT2D eigenvalue weighted by Gasteiger charge is -2.31. The molecule has 0 aromatic heterocycles. The highest BCUT2D eigenvalue weighted by Gasteiger charge is 2.73. The first-order valence-electron chi connectivity index (χ1n) is 12.0. The third kappa shape index (κ3) is 6.61. The molecule has 0 unspecified atom stereocenters. The maximum Gasteiger partial charge on any atom is 0.435 e. The van der Waals surface area contributed by atoms with Crippen LogP contribution in [0.25, 0.3) is 0 Å². The number of anilines is 2. The zero-order valence-electron chi connectivity index (χ0n) is 22.1. The summed E-state index contributed by atoms with van der Waals surface area (Å²) in [4.78, 5) is 27.0. The van der Waals surface area contributed by atoms with Crippen LogP contribution in [0.2, 0.25) is 0 Å². The van der Waals surface area contributed by atoms with Gasteiger partial charge in [-0.25, -0.2) is 13.2 Å². The Morgan fingerprint density at radius 3 is 2.07 bits per heavy atom. The normalized spacial score (nSPS) is 12.3. The Balaban J connectivity index is 2.08. The van der Waals surface area contributed by atoms with E-state index in [9.17, 15) is 53.5 Å². The molecule has 0 fully saturated rings. The van der Waals surface area contributed by atoms with E-state index in [-0.39, 0.29) is 29.8 Å². The van der Waals surface area contributed by atoms with Crippen molar-refractivity contribution in [1.82, 2.24) is 0 Å². The van der Waals surface area contributed by atoms with Crippen molar-refractivity contribution in [3.8, 4) is 5.75 Å². The average Bonchev–Trinajstić information content (AvgIpc) is 2.89. The van der Waals surface area contributed by atoms with Crippen molar-refractivity contribution in [2.24, 2.45) is 0 Å². The molecule has 0 aliphatic carbocycles. The van der Waals surface area contributed by atoms with Gasteiger partial charge in [0.15, 0.2) is 11.6 Å². The first kappa shape index (κ1) is 34.6. The Labute approximate surface area is 249 Å². The molecule has 238 valence electrons. The Hall–Kier alpha value is -3.89. The van der Waals surface area contributed by atoms with Crippen molar-refractivity contribution < 1.29 is 62.6 Å². The van der Waals surface area contributed by atoms with Crippen molar-refractivity contribution in [3.05, 3.63) is 86.9 Å². The summed E-state index contributed by atoms with van der Waals surface area (Å²) in [5.41, 5.74) is -10.4. The second-order valence-corrected chi connectivity index (χ2v) is 9.82. The smallest absolute Gasteiger partial charge is 0.433 e. The monoisotopic (exact) mass is 706 g/mol. The fourth-order valence-electron chi connectivity index (χ4n) is 4.10. The minimum Gasteiger partial charge on any atom is -0.433 e. The number of nitrogens with one attached hydrogen (secondary N) is 1. The fraction of sp³-hybridized carbons (Fsp3) is 0.259. The van der Waals surface area contributed by atoms with Crippen molar-refractivity contribution in [2.75, 3.05) is 16.8 Å². The molecule has 5 nitrogen and oxygen atoms in total. The zero-order chi connectivity index (χ0) is 33.4. The molecule has 0 radical (unpaired) electrons. The van der Waals surface area contributed by atoms with Crippen LogP contribution in [0.3, 0.4) is 0 Å². The molecule has 3 rings (SSSR count). The van der Waals surface area contributed by atoms with E-state index in [0.29, 0.717) is 0 Å². The van der Waals surface area contributed by atoms with Gasteiger partial charge in [0.05, 0.1) is 16.9 Å². The van der Waals surface area contributed by atoms with Crippen LogP contribution >= 0.6 is 15.9 Å². The number of nitrogens with zero attached hydrogens (tertiary/aromatic N) is 1. The van der Waals surface area contributed by atoms with E-state index < -0.39 is 80.8 Å². The molecule has 3 aromatic rings. The second kappa shape index (κ2) is 12.6. The SMILES string of the molecule is CCN(C(=O)c1ccc(F)cc1C)c1cccc(C(=O)Nc2c(Br)cc(C(F)(C(F)(F)F)C(F)(F)F)cc2OC(F)F)c1F. The molecule has 0 heterocycles. The first-order valence-corrected chi connectivity index (χ1v) is 12.8. The number of carbonyl (C=O) groups excluding carboxylic acids is 2. The number of benzene rings is 3. The molecule has 0 bridgehead atoms. The Morgan fingerprint density at radius 1 is 0.932 bits per heavy atom. The molecule has 17 heteroatoms. The molecule has 3 aromatic carbocycles. The van der Waals surface area contributed by atoms with Crippen LogP contribution in [0.5, 0.6) is 5.75 Å². The van der Waals surface area contributed by atoms with Gasteiger partial charge in [0, 0.05) is 22.1 Å². The molecule has 1 N–H and O–H groups in total. The maximum atomic E-state index is 15.6. The summed E-state index contributed by atoms with van der Waals surface area (Å²) in [6, 6.07) is 5.88. The number of rotatable bonds is 8. The number of halogens is 12. The summed E-state index contributed by atoms with van der Waals surface area (Å²) in [6.45, 7) is -1.18. The summed E-state index contributed by atoms with van der Waals surface area (Å²) in [6.07, 6.45) is -13.2. The molecular weight excluding hydrogens is 689 g/mol. The molecule has 0 saturated carbocycles. The van der Waals surface area contributed by atoms with Crippen LogP contribution in [-0.4, -0.2) is 37.3 Å². The number of hydrogen-bond acceptors (Lipinski definition) is 3. The number of carbonyl (C=O) groups is 2. The van der Waals surface area contributed by atoms with E-state index in [0.717, 1.165) is 41.3 Å². The molecule has 0 spiro atoms. The van der Waals surface area contributed by atoms with Crippen LogP contribution < -0.4 is 15.0 Å². The zero-order valence-corrected chi connectivity index (χ0v) is 23.7. The van der Waals surface area contributed by atoms with Gasteiger partial charge < -0.3 is 15.0 Å². The Kier molecular flexibility index (Phi) is 9.92. The van der Waals surface area contributed by atoms with Crippen LogP contribution in [0.15, 0.2) is 53.0 Å². The third-order valence-corrected chi connectivity index (χ3v) is 6.81. The van der Waals surface area contributed by atoms with E-state index in [1.807, 2.05) is 5.32 Å². The summed E-state index contributed by atoms with van der Waals surface area (Å²) >= 11 is 2.52. The van der Waals surface area contributed by atoms with Gasteiger partial charge in [-0.15, -0.1) is 0 Å². The highest BCUT2D eigenvalue weighted by atomic mass is 79.9. The standard InChI is InChI=1S/C27H18BrF11N2O3/c1-3-41(23(43)15-8-7-14(29)9-12(15)2)18-6-4-5-16(20(18)30)22(42)40-21-17(28)10-13(11-19(21)44-24(31)32)25(33,26(34,35)36)27(37,38)39/h4-11,24H,3H2,1-2H3,(H,40,42). The van der Waals surface area contributed by atoms with Crippen LogP contribution in [0.1, 0.15) is 38.8 Å². The topological polar surface area (TPSA) is 58.6 Å². The Bertz CT molecular complexity index is 1560. The van der Waals surface area contributed by atoms with E-state index in [4.69, 9.17) is 0 Å². The first-order chi connectivity index (χ1) is 20.2. The fourth-order valence-corrected chi connectivity index (χ4v) is 4.64. The van der Waals surface area contributed by atoms with Gasteiger partial charge in [-0.1, -0.05) is 6.07 Å².